The van der Waals surface area contributed by atoms with Crippen molar-refractivity contribution in [3.63, 3.8) is 0 Å². The van der Waals surface area contributed by atoms with Crippen molar-refractivity contribution in [3.8, 4) is 0 Å². The van der Waals surface area contributed by atoms with E-state index in [1.165, 1.54) is 30.7 Å². The van der Waals surface area contributed by atoms with Crippen LogP contribution in [-0.4, -0.2) is 28.3 Å². The number of aromatic nitrogens is 1. The van der Waals surface area contributed by atoms with Gasteiger partial charge in [0, 0.05) is 16.6 Å². The van der Waals surface area contributed by atoms with Crippen LogP contribution in [0.2, 0.25) is 5.15 Å². The van der Waals surface area contributed by atoms with Gasteiger partial charge >= 0.3 is 6.09 Å². The van der Waals surface area contributed by atoms with Crippen molar-refractivity contribution in [2.45, 2.75) is 18.8 Å². The molecule has 1 aliphatic heterocycles. The molecule has 0 atom stereocenters. The molecule has 2 amide bonds. The van der Waals surface area contributed by atoms with Crippen LogP contribution < -0.4 is 10.7 Å². The molecule has 0 spiro atoms. The number of hydrogen-bond acceptors (Lipinski definition) is 3. The van der Waals surface area contributed by atoms with Gasteiger partial charge in [-0.2, -0.15) is 5.10 Å². The van der Waals surface area contributed by atoms with Crippen molar-refractivity contribution in [2.24, 2.45) is 5.10 Å². The van der Waals surface area contributed by atoms with Crippen molar-refractivity contribution in [1.29, 1.82) is 0 Å². The molecule has 0 radical (unpaired) electrons. The summed E-state index contributed by atoms with van der Waals surface area (Å²) in [6.07, 6.45) is 3.04. The summed E-state index contributed by atoms with van der Waals surface area (Å²) in [7, 11) is 0. The molecule has 1 fully saturated rings. The van der Waals surface area contributed by atoms with Gasteiger partial charge in [-0.1, -0.05) is 41.9 Å². The van der Waals surface area contributed by atoms with Crippen molar-refractivity contribution >= 4 is 46.4 Å². The molecule has 2 aliphatic rings. The molecule has 1 aliphatic carbocycles. The third kappa shape index (κ3) is 3.70. The average Bonchev–Trinajstić information content (AvgIpc) is 3.48. The Morgan fingerprint density at radius 3 is 2.64 bits per heavy atom. The van der Waals surface area contributed by atoms with E-state index >= 15 is 0 Å². The number of amides is 2. The molecule has 0 bridgehead atoms. The lowest BCUT2D eigenvalue weighted by atomic mass is 10.1. The van der Waals surface area contributed by atoms with Gasteiger partial charge in [-0.05, 0) is 36.5 Å². The van der Waals surface area contributed by atoms with Crippen molar-refractivity contribution in [1.82, 2.24) is 10.4 Å². The molecule has 0 unspecified atom stereocenters. The molecule has 2 heterocycles. The number of aromatic amines is 1. The third-order valence-corrected chi connectivity index (χ3v) is 4.89. The van der Waals surface area contributed by atoms with Gasteiger partial charge < -0.3 is 10.1 Å². The zero-order valence-electron chi connectivity index (χ0n) is 14.7. The van der Waals surface area contributed by atoms with Gasteiger partial charge in [0.2, 0.25) is 0 Å². The molecule has 28 heavy (non-hydrogen) atoms. The zero-order valence-corrected chi connectivity index (χ0v) is 15.5. The van der Waals surface area contributed by atoms with E-state index in [1.54, 1.807) is 6.07 Å². The first kappa shape index (κ1) is 18.1. The second-order valence-electron chi connectivity index (χ2n) is 6.61. The average molecular weight is 397 g/mol. The number of hydrogen-bond donors (Lipinski definition) is 4. The summed E-state index contributed by atoms with van der Waals surface area (Å²) in [4.78, 5) is 25.4. The predicted octanol–water partition coefficient (Wildman–Crippen LogP) is 4.55. The van der Waals surface area contributed by atoms with E-state index in [0.717, 1.165) is 5.92 Å². The van der Waals surface area contributed by atoms with E-state index in [0.29, 0.717) is 27.2 Å². The number of hydrazone groups is 1. The summed E-state index contributed by atoms with van der Waals surface area (Å²) < 4.78 is 0. The molecule has 3 aromatic rings. The van der Waals surface area contributed by atoms with Crippen LogP contribution in [0.25, 0.3) is 10.9 Å². The second-order valence-corrected chi connectivity index (χ2v) is 6.99. The minimum absolute atomic E-state index is 0.275. The molecular formula is C20H17ClN4O3. The molecule has 5 rings (SSSR count). The van der Waals surface area contributed by atoms with Crippen LogP contribution in [0.3, 0.4) is 0 Å². The molecule has 142 valence electrons. The minimum Gasteiger partial charge on any atom is -0.465 e. The van der Waals surface area contributed by atoms with Gasteiger partial charge in [0.1, 0.15) is 5.15 Å². The topological polar surface area (TPSA) is 107 Å². The maximum Gasteiger partial charge on any atom is 0.409 e. The van der Waals surface area contributed by atoms with Crippen LogP contribution in [0.4, 0.5) is 10.5 Å². The number of carbonyl (C=O) groups excluding carboxylic acids is 1. The number of halogens is 1. The largest absolute Gasteiger partial charge is 0.465 e. The summed E-state index contributed by atoms with van der Waals surface area (Å²) in [6.45, 7) is 0. The normalized spacial score (nSPS) is 14.7. The summed E-state index contributed by atoms with van der Waals surface area (Å²) in [5.41, 5.74) is 5.58. The third-order valence-electron chi connectivity index (χ3n) is 4.59. The SMILES string of the molecule is O=C(O)Nc1cc2c3c(c(Cl)[nH]c3c1)C=NNC2=O.c1ccc(C2CC2)cc1. The molecule has 2 aromatic carbocycles. The maximum atomic E-state index is 11.9. The molecule has 8 heteroatoms. The van der Waals surface area contributed by atoms with Crippen molar-refractivity contribution in [3.05, 3.63) is 64.3 Å². The Bertz CT molecular complexity index is 1090. The van der Waals surface area contributed by atoms with E-state index in [4.69, 9.17) is 16.7 Å². The van der Waals surface area contributed by atoms with Crippen LogP contribution in [-0.2, 0) is 0 Å². The number of nitrogens with one attached hydrogen (secondary N) is 3. The first-order valence-electron chi connectivity index (χ1n) is 8.76. The van der Waals surface area contributed by atoms with E-state index in [-0.39, 0.29) is 5.69 Å². The van der Waals surface area contributed by atoms with Gasteiger partial charge in [-0.15, -0.1) is 0 Å². The Kier molecular flexibility index (Phi) is 4.75. The van der Waals surface area contributed by atoms with E-state index in [9.17, 15) is 9.59 Å². The maximum absolute atomic E-state index is 11.9. The smallest absolute Gasteiger partial charge is 0.409 e. The Morgan fingerprint density at radius 2 is 1.96 bits per heavy atom. The fourth-order valence-corrected chi connectivity index (χ4v) is 3.42. The van der Waals surface area contributed by atoms with Gasteiger partial charge in [0.25, 0.3) is 5.91 Å². The van der Waals surface area contributed by atoms with E-state index < -0.39 is 12.0 Å². The highest BCUT2D eigenvalue weighted by atomic mass is 35.5. The highest BCUT2D eigenvalue weighted by Gasteiger charge is 2.22. The monoisotopic (exact) mass is 396 g/mol. The molecule has 4 N–H and O–H groups in total. The molecule has 7 nitrogen and oxygen atoms in total. The Labute approximate surface area is 165 Å². The summed E-state index contributed by atoms with van der Waals surface area (Å²) >= 11 is 6.03. The Hall–Kier alpha value is -3.32. The summed E-state index contributed by atoms with van der Waals surface area (Å²) in [5.74, 6) is 0.482. The lowest BCUT2D eigenvalue weighted by Gasteiger charge is -2.05. The number of carbonyl (C=O) groups is 2. The highest BCUT2D eigenvalue weighted by Crippen LogP contribution is 2.39. The highest BCUT2D eigenvalue weighted by molar-refractivity contribution is 6.35. The lowest BCUT2D eigenvalue weighted by molar-refractivity contribution is 0.0957. The van der Waals surface area contributed by atoms with E-state index in [2.05, 4.69) is 51.2 Å². The second kappa shape index (κ2) is 7.36. The number of rotatable bonds is 2. The fraction of sp³-hybridized carbons (Fsp3) is 0.150. The first-order chi connectivity index (χ1) is 13.5. The van der Waals surface area contributed by atoms with Crippen LogP contribution in [0.15, 0.2) is 47.6 Å². The van der Waals surface area contributed by atoms with Crippen LogP contribution in [0.5, 0.6) is 0 Å². The molecule has 1 saturated carbocycles. The van der Waals surface area contributed by atoms with Crippen LogP contribution in [0, 0.1) is 0 Å². The predicted molar refractivity (Wildman–Crippen MR) is 108 cm³/mol. The number of H-pyrrole nitrogens is 1. The first-order valence-corrected chi connectivity index (χ1v) is 9.14. The number of anilines is 1. The van der Waals surface area contributed by atoms with Crippen molar-refractivity contribution < 1.29 is 14.7 Å². The number of nitrogens with zero attached hydrogens (tertiary/aromatic N) is 1. The van der Waals surface area contributed by atoms with E-state index in [1.807, 2.05) is 0 Å². The standard InChI is InChI=1S/C11H7ClN4O3.C9H10/c12-9-6-3-13-16-10(17)5-1-4(14-11(18)19)2-7(15-9)8(5)6;1-2-4-8(5-3-1)9-6-7-9/h1-3,14-15H,(H,16,17)(H,18,19);1-5,9H,6-7H2. The Balaban J connectivity index is 0.000000177. The number of carboxylic acid groups (broad SMARTS) is 1. The van der Waals surface area contributed by atoms with Crippen LogP contribution >= 0.6 is 11.6 Å². The van der Waals surface area contributed by atoms with Gasteiger partial charge in [0.05, 0.1) is 17.3 Å². The van der Waals surface area contributed by atoms with Crippen molar-refractivity contribution in [2.75, 3.05) is 5.32 Å². The summed E-state index contributed by atoms with van der Waals surface area (Å²) in [5, 5.41) is 15.6. The quantitative estimate of drug-likeness (QED) is 0.510. The molecular weight excluding hydrogens is 380 g/mol. The molecule has 1 aromatic heterocycles. The zero-order chi connectivity index (χ0) is 19.7. The number of benzene rings is 2. The fourth-order valence-electron chi connectivity index (χ4n) is 3.18. The minimum atomic E-state index is -1.21. The lowest BCUT2D eigenvalue weighted by Crippen LogP contribution is -2.17. The van der Waals surface area contributed by atoms with Gasteiger partial charge in [-0.3, -0.25) is 10.1 Å². The van der Waals surface area contributed by atoms with Gasteiger partial charge in [-0.25, -0.2) is 10.2 Å². The van der Waals surface area contributed by atoms with Crippen LogP contribution in [0.1, 0.15) is 40.2 Å². The van der Waals surface area contributed by atoms with Gasteiger partial charge in [0.15, 0.2) is 0 Å². The summed E-state index contributed by atoms with van der Waals surface area (Å²) in [6, 6.07) is 13.8. The molecule has 0 saturated heterocycles. The Morgan fingerprint density at radius 1 is 1.21 bits per heavy atom.